The highest BCUT2D eigenvalue weighted by molar-refractivity contribution is 7.91. The predicted octanol–water partition coefficient (Wildman–Crippen LogP) is 4.29. The third-order valence-corrected chi connectivity index (χ3v) is 7.74. The summed E-state index contributed by atoms with van der Waals surface area (Å²) in [7, 11) is -3.63. The molecule has 0 saturated carbocycles. The van der Waals surface area contributed by atoms with Crippen LogP contribution in [0.3, 0.4) is 0 Å². The molecule has 2 aliphatic carbocycles. The zero-order chi connectivity index (χ0) is 22.7. The number of furan rings is 1. The van der Waals surface area contributed by atoms with Crippen LogP contribution >= 0.6 is 0 Å². The molecular weight excluding hydrogens is 412 g/mol. The molecule has 2 aromatic rings. The summed E-state index contributed by atoms with van der Waals surface area (Å²) in [4.78, 5) is 13.1. The van der Waals surface area contributed by atoms with Crippen molar-refractivity contribution >= 4 is 21.4 Å². The summed E-state index contributed by atoms with van der Waals surface area (Å²) in [5.74, 6) is 0.146. The molecule has 6 nitrogen and oxygen atoms in total. The average molecular weight is 443 g/mol. The summed E-state index contributed by atoms with van der Waals surface area (Å²) < 4.78 is 22.5. The molecular formula is C24H30N2O4S. The zero-order valence-electron chi connectivity index (χ0n) is 18.6. The molecule has 0 aliphatic heterocycles. The Balaban J connectivity index is 1.75. The molecule has 31 heavy (non-hydrogen) atoms. The summed E-state index contributed by atoms with van der Waals surface area (Å²) >= 11 is 0. The van der Waals surface area contributed by atoms with Gasteiger partial charge in [0, 0.05) is 17.2 Å². The van der Waals surface area contributed by atoms with Crippen LogP contribution in [0.15, 0.2) is 32.6 Å². The fraction of sp³-hybridized carbons (Fsp3) is 0.458. The molecule has 2 atom stereocenters. The predicted molar refractivity (Wildman–Crippen MR) is 121 cm³/mol. The van der Waals surface area contributed by atoms with E-state index in [4.69, 9.17) is 9.56 Å². The fourth-order valence-corrected chi connectivity index (χ4v) is 5.92. The van der Waals surface area contributed by atoms with Gasteiger partial charge in [-0.2, -0.15) is 0 Å². The highest BCUT2D eigenvalue weighted by Crippen LogP contribution is 2.43. The minimum atomic E-state index is -3.63. The lowest BCUT2D eigenvalue weighted by atomic mass is 9.88. The van der Waals surface area contributed by atoms with Gasteiger partial charge in [-0.15, -0.1) is 4.36 Å². The second-order valence-corrected chi connectivity index (χ2v) is 11.0. The summed E-state index contributed by atoms with van der Waals surface area (Å²) in [5, 5.41) is 16.1. The number of aryl methyl sites for hydroxylation is 2. The van der Waals surface area contributed by atoms with Gasteiger partial charge >= 0.3 is 0 Å². The molecule has 0 bridgehead atoms. The number of hydrogen-bond donors (Lipinski definition) is 2. The maximum atomic E-state index is 13.1. The van der Waals surface area contributed by atoms with Crippen LogP contribution in [-0.4, -0.2) is 15.2 Å². The van der Waals surface area contributed by atoms with Gasteiger partial charge in [0.05, 0.1) is 5.60 Å². The molecule has 7 heteroatoms. The van der Waals surface area contributed by atoms with Crippen molar-refractivity contribution in [3.63, 3.8) is 0 Å². The Morgan fingerprint density at radius 3 is 2.65 bits per heavy atom. The van der Waals surface area contributed by atoms with Crippen molar-refractivity contribution in [2.45, 2.75) is 76.4 Å². The first-order valence-electron chi connectivity index (χ1n) is 10.7. The SMILES string of the molecule is C=C(C(=O)N=S(N)(=O)c1cc(C(C)(C)O)c(C)o1)c1c2c(cc3c1CC[C@H]3C)CCC2. The molecule has 0 spiro atoms. The van der Waals surface area contributed by atoms with E-state index in [0.29, 0.717) is 17.2 Å². The first-order valence-corrected chi connectivity index (χ1v) is 12.3. The molecule has 1 aromatic heterocycles. The van der Waals surface area contributed by atoms with Crippen molar-refractivity contribution in [3.05, 3.63) is 57.9 Å². The van der Waals surface area contributed by atoms with Crippen molar-refractivity contribution in [2.24, 2.45) is 9.50 Å². The molecule has 0 fully saturated rings. The smallest absolute Gasteiger partial charge is 0.286 e. The molecule has 3 N–H and O–H groups in total. The number of fused-ring (bicyclic) bond motifs is 2. The maximum Gasteiger partial charge on any atom is 0.286 e. The van der Waals surface area contributed by atoms with Crippen LogP contribution in [0.4, 0.5) is 0 Å². The largest absolute Gasteiger partial charge is 0.450 e. The number of carbonyl (C=O) groups is 1. The number of carbonyl (C=O) groups excluding carboxylic acids is 1. The van der Waals surface area contributed by atoms with E-state index in [0.717, 1.165) is 37.7 Å². The fourth-order valence-electron chi connectivity index (χ4n) is 4.94. The van der Waals surface area contributed by atoms with Crippen LogP contribution in [0.25, 0.3) is 5.57 Å². The van der Waals surface area contributed by atoms with E-state index in [2.05, 4.69) is 23.9 Å². The van der Waals surface area contributed by atoms with Crippen LogP contribution in [0.2, 0.25) is 0 Å². The first kappa shape index (κ1) is 22.0. The molecule has 1 heterocycles. The Morgan fingerprint density at radius 1 is 1.29 bits per heavy atom. The number of rotatable bonds is 4. The first-order chi connectivity index (χ1) is 14.4. The molecule has 2 aliphatic rings. The van der Waals surface area contributed by atoms with Gasteiger partial charge in [-0.3, -0.25) is 4.79 Å². The monoisotopic (exact) mass is 442 g/mol. The third-order valence-electron chi connectivity index (χ3n) is 6.52. The maximum absolute atomic E-state index is 13.1. The number of aliphatic hydroxyl groups is 1. The summed E-state index contributed by atoms with van der Waals surface area (Å²) in [6.45, 7) is 11.1. The molecule has 166 valence electrons. The van der Waals surface area contributed by atoms with Crippen molar-refractivity contribution in [2.75, 3.05) is 0 Å². The Kier molecular flexibility index (Phi) is 5.27. The number of nitrogens with zero attached hydrogens (tertiary/aromatic N) is 1. The van der Waals surface area contributed by atoms with E-state index >= 15 is 0 Å². The van der Waals surface area contributed by atoms with Gasteiger partial charge < -0.3 is 9.52 Å². The highest BCUT2D eigenvalue weighted by atomic mass is 32.2. The van der Waals surface area contributed by atoms with E-state index < -0.39 is 21.4 Å². The van der Waals surface area contributed by atoms with Gasteiger partial charge in [0.15, 0.2) is 9.92 Å². The lowest BCUT2D eigenvalue weighted by Crippen LogP contribution is -2.17. The Bertz CT molecular complexity index is 1220. The van der Waals surface area contributed by atoms with Crippen LogP contribution in [0, 0.1) is 6.92 Å². The van der Waals surface area contributed by atoms with Crippen LogP contribution < -0.4 is 5.14 Å². The molecule has 0 radical (unpaired) electrons. The zero-order valence-corrected chi connectivity index (χ0v) is 19.4. The molecule has 1 unspecified atom stereocenters. The minimum absolute atomic E-state index is 0.125. The summed E-state index contributed by atoms with van der Waals surface area (Å²) in [6, 6.07) is 3.71. The van der Waals surface area contributed by atoms with Crippen molar-refractivity contribution < 1.29 is 18.5 Å². The standard InChI is InChI=1S/C24H30N2O4S/c1-13-9-10-18-19(13)11-16-7-6-8-17(16)22(18)14(2)23(27)26-31(25,29)21-12-20(15(3)30-21)24(4,5)28/h11-13,28H,2,6-10H2,1,3-5H3,(H2,25,26,27,29)/t13-,31?/m1/s1. The van der Waals surface area contributed by atoms with E-state index in [9.17, 15) is 14.1 Å². The normalized spacial score (nSPS) is 19.6. The number of benzene rings is 1. The Morgan fingerprint density at radius 2 is 2.00 bits per heavy atom. The van der Waals surface area contributed by atoms with Crippen LogP contribution in [0.5, 0.6) is 0 Å². The van der Waals surface area contributed by atoms with Crippen molar-refractivity contribution in [1.29, 1.82) is 0 Å². The summed E-state index contributed by atoms with van der Waals surface area (Å²) in [6.07, 6.45) is 4.90. The topological polar surface area (TPSA) is 106 Å². The third kappa shape index (κ3) is 3.79. The molecule has 1 aromatic carbocycles. The van der Waals surface area contributed by atoms with Gasteiger partial charge in [0.2, 0.25) is 5.09 Å². The van der Waals surface area contributed by atoms with E-state index in [1.807, 2.05) is 0 Å². The van der Waals surface area contributed by atoms with E-state index in [1.54, 1.807) is 20.8 Å². The van der Waals surface area contributed by atoms with Gasteiger partial charge in [-0.05, 0) is 86.6 Å². The van der Waals surface area contributed by atoms with E-state index in [-0.39, 0.29) is 10.7 Å². The van der Waals surface area contributed by atoms with E-state index in [1.165, 1.54) is 28.3 Å². The van der Waals surface area contributed by atoms with Crippen LogP contribution in [0.1, 0.15) is 78.7 Å². The van der Waals surface area contributed by atoms with Gasteiger partial charge in [-0.1, -0.05) is 19.6 Å². The lowest BCUT2D eigenvalue weighted by molar-refractivity contribution is -0.112. The number of hydrogen-bond acceptors (Lipinski definition) is 4. The second-order valence-electron chi connectivity index (χ2n) is 9.29. The lowest BCUT2D eigenvalue weighted by Gasteiger charge is -2.16. The van der Waals surface area contributed by atoms with Crippen LogP contribution in [-0.2, 0) is 39.6 Å². The quantitative estimate of drug-likeness (QED) is 0.689. The molecule has 4 rings (SSSR count). The van der Waals surface area contributed by atoms with Crippen molar-refractivity contribution in [1.82, 2.24) is 0 Å². The average Bonchev–Trinajstić information content (AvgIpc) is 3.37. The highest BCUT2D eigenvalue weighted by Gasteiger charge is 2.31. The number of amides is 1. The summed E-state index contributed by atoms with van der Waals surface area (Å²) in [5.41, 5.74) is 5.29. The van der Waals surface area contributed by atoms with Gasteiger partial charge in [0.25, 0.3) is 5.91 Å². The van der Waals surface area contributed by atoms with Gasteiger partial charge in [-0.25, -0.2) is 9.35 Å². The Labute approximate surface area is 183 Å². The minimum Gasteiger partial charge on any atom is -0.450 e. The number of nitrogens with two attached hydrogens (primary N) is 1. The molecule has 0 saturated heterocycles. The van der Waals surface area contributed by atoms with Gasteiger partial charge in [0.1, 0.15) is 5.76 Å². The second kappa shape index (κ2) is 7.43. The molecule has 1 amide bonds. The van der Waals surface area contributed by atoms with Crippen molar-refractivity contribution in [3.8, 4) is 0 Å². The Hall–Kier alpha value is -2.22.